The average Bonchev–Trinajstić information content (AvgIpc) is 3.36. The van der Waals surface area contributed by atoms with Crippen molar-refractivity contribution < 1.29 is 13.2 Å². The van der Waals surface area contributed by atoms with Gasteiger partial charge in [0.1, 0.15) is 6.33 Å². The Morgan fingerprint density at radius 1 is 1.03 bits per heavy atom. The maximum atomic E-state index is 12.9. The molecular formula is C22H21N5O3S2. The van der Waals surface area contributed by atoms with Crippen LogP contribution in [-0.4, -0.2) is 39.3 Å². The quantitative estimate of drug-likeness (QED) is 0.330. The molecule has 0 spiro atoms. The summed E-state index contributed by atoms with van der Waals surface area (Å²) in [7, 11) is -3.76. The van der Waals surface area contributed by atoms with Gasteiger partial charge in [0, 0.05) is 22.6 Å². The summed E-state index contributed by atoms with van der Waals surface area (Å²) in [6.07, 6.45) is 1.62. The van der Waals surface area contributed by atoms with Crippen molar-refractivity contribution in [2.75, 3.05) is 5.75 Å². The zero-order chi connectivity index (χ0) is 22.9. The minimum absolute atomic E-state index is 0.0356. The SMILES string of the molecule is Cc1cc(C(=O)CSc2ncn(-c3ccccc3)n2)c(C)n1-c1ccc(S(N)(=O)=O)cc1. The van der Waals surface area contributed by atoms with Crippen molar-refractivity contribution in [1.82, 2.24) is 19.3 Å². The lowest BCUT2D eigenvalue weighted by Gasteiger charge is -2.10. The van der Waals surface area contributed by atoms with E-state index in [-0.39, 0.29) is 16.4 Å². The van der Waals surface area contributed by atoms with Crippen LogP contribution in [0.4, 0.5) is 0 Å². The molecule has 2 aromatic heterocycles. The van der Waals surface area contributed by atoms with Crippen LogP contribution in [0.2, 0.25) is 0 Å². The highest BCUT2D eigenvalue weighted by Crippen LogP contribution is 2.24. The second-order valence-electron chi connectivity index (χ2n) is 7.18. The van der Waals surface area contributed by atoms with Crippen LogP contribution in [0.25, 0.3) is 11.4 Å². The van der Waals surface area contributed by atoms with Gasteiger partial charge in [-0.3, -0.25) is 4.79 Å². The summed E-state index contributed by atoms with van der Waals surface area (Å²) in [5.74, 6) is 0.166. The summed E-state index contributed by atoms with van der Waals surface area (Å²) in [6.45, 7) is 3.76. The molecule has 0 aliphatic rings. The number of nitrogens with zero attached hydrogens (tertiary/aromatic N) is 4. The number of carbonyl (C=O) groups is 1. The maximum absolute atomic E-state index is 12.9. The van der Waals surface area contributed by atoms with E-state index >= 15 is 0 Å². The molecule has 0 atom stereocenters. The largest absolute Gasteiger partial charge is 0.318 e. The molecule has 4 aromatic rings. The molecule has 0 amide bonds. The van der Waals surface area contributed by atoms with Gasteiger partial charge in [0.2, 0.25) is 15.2 Å². The molecule has 0 aliphatic carbocycles. The first kappa shape index (κ1) is 22.0. The Kier molecular flexibility index (Phi) is 6.00. The number of carbonyl (C=O) groups excluding carboxylic acids is 1. The standard InChI is InChI=1S/C22H21N5O3S2/c1-15-12-20(16(2)27(15)18-8-10-19(11-9-18)32(23,29)30)21(28)13-31-22-24-14-26(25-22)17-6-4-3-5-7-17/h3-12,14H,13H2,1-2H3,(H2,23,29,30). The molecule has 4 rings (SSSR count). The topological polar surface area (TPSA) is 113 Å². The molecule has 0 bridgehead atoms. The van der Waals surface area contributed by atoms with E-state index in [9.17, 15) is 13.2 Å². The number of hydrogen-bond acceptors (Lipinski definition) is 6. The highest BCUT2D eigenvalue weighted by Gasteiger charge is 2.18. The van der Waals surface area contributed by atoms with Crippen molar-refractivity contribution in [2.24, 2.45) is 5.14 Å². The number of Topliss-reactive ketones (excluding diaryl/α,β-unsaturated/α-hetero) is 1. The number of para-hydroxylation sites is 1. The molecular weight excluding hydrogens is 446 g/mol. The summed E-state index contributed by atoms with van der Waals surface area (Å²) in [5.41, 5.74) is 3.90. The van der Waals surface area contributed by atoms with Crippen molar-refractivity contribution in [3.63, 3.8) is 0 Å². The van der Waals surface area contributed by atoms with Crippen LogP contribution in [0.1, 0.15) is 21.7 Å². The number of sulfonamides is 1. The molecule has 10 heteroatoms. The van der Waals surface area contributed by atoms with Gasteiger partial charge in [-0.15, -0.1) is 5.10 Å². The summed E-state index contributed by atoms with van der Waals surface area (Å²) in [5, 5.41) is 10.1. The number of hydrogen-bond donors (Lipinski definition) is 1. The first-order valence-corrected chi connectivity index (χ1v) is 12.2. The Hall–Kier alpha value is -3.21. The third-order valence-electron chi connectivity index (χ3n) is 4.98. The van der Waals surface area contributed by atoms with E-state index in [1.165, 1.54) is 23.9 Å². The maximum Gasteiger partial charge on any atom is 0.238 e. The van der Waals surface area contributed by atoms with Crippen LogP contribution in [0, 0.1) is 13.8 Å². The van der Waals surface area contributed by atoms with Gasteiger partial charge in [-0.2, -0.15) is 0 Å². The Morgan fingerprint density at radius 3 is 2.38 bits per heavy atom. The van der Waals surface area contributed by atoms with Crippen molar-refractivity contribution >= 4 is 27.6 Å². The lowest BCUT2D eigenvalue weighted by molar-refractivity contribution is 0.102. The van der Waals surface area contributed by atoms with Gasteiger partial charge >= 0.3 is 0 Å². The Bertz CT molecular complexity index is 1370. The van der Waals surface area contributed by atoms with Gasteiger partial charge in [0.05, 0.1) is 16.3 Å². The van der Waals surface area contributed by atoms with E-state index in [0.29, 0.717) is 10.7 Å². The highest BCUT2D eigenvalue weighted by atomic mass is 32.2. The van der Waals surface area contributed by atoms with Gasteiger partial charge in [-0.1, -0.05) is 30.0 Å². The number of ketones is 1. The zero-order valence-electron chi connectivity index (χ0n) is 17.5. The molecule has 2 heterocycles. The third kappa shape index (κ3) is 4.52. The highest BCUT2D eigenvalue weighted by molar-refractivity contribution is 7.99. The summed E-state index contributed by atoms with van der Waals surface area (Å²) >= 11 is 1.28. The fourth-order valence-corrected chi connectivity index (χ4v) is 4.65. The molecule has 164 valence electrons. The Morgan fingerprint density at radius 2 is 1.72 bits per heavy atom. The Balaban J connectivity index is 1.50. The smallest absolute Gasteiger partial charge is 0.238 e. The van der Waals surface area contributed by atoms with Crippen molar-refractivity contribution in [3.8, 4) is 11.4 Å². The molecule has 2 aromatic carbocycles. The van der Waals surface area contributed by atoms with E-state index in [0.717, 1.165) is 22.8 Å². The molecule has 0 fully saturated rings. The number of aromatic nitrogens is 4. The first-order valence-electron chi connectivity index (χ1n) is 9.69. The van der Waals surface area contributed by atoms with Gasteiger partial charge in [0.15, 0.2) is 5.78 Å². The van der Waals surface area contributed by atoms with Crippen LogP contribution in [-0.2, 0) is 10.0 Å². The van der Waals surface area contributed by atoms with Crippen LogP contribution in [0.5, 0.6) is 0 Å². The predicted octanol–water partition coefficient (Wildman–Crippen LogP) is 3.30. The van der Waals surface area contributed by atoms with Crippen LogP contribution in [0.15, 0.2) is 77.0 Å². The molecule has 2 N–H and O–H groups in total. The molecule has 0 aliphatic heterocycles. The fourth-order valence-electron chi connectivity index (χ4n) is 3.45. The van der Waals surface area contributed by atoms with E-state index in [2.05, 4.69) is 10.1 Å². The van der Waals surface area contributed by atoms with E-state index < -0.39 is 10.0 Å². The lowest BCUT2D eigenvalue weighted by atomic mass is 10.2. The number of rotatable bonds is 7. The number of nitrogens with two attached hydrogens (primary N) is 1. The van der Waals surface area contributed by atoms with Crippen LogP contribution >= 0.6 is 11.8 Å². The molecule has 32 heavy (non-hydrogen) atoms. The monoisotopic (exact) mass is 467 g/mol. The third-order valence-corrected chi connectivity index (χ3v) is 6.76. The zero-order valence-corrected chi connectivity index (χ0v) is 19.1. The molecule has 8 nitrogen and oxygen atoms in total. The average molecular weight is 468 g/mol. The lowest BCUT2D eigenvalue weighted by Crippen LogP contribution is -2.12. The second kappa shape index (κ2) is 8.73. The van der Waals surface area contributed by atoms with Gasteiger partial charge < -0.3 is 4.57 Å². The molecule has 0 unspecified atom stereocenters. The van der Waals surface area contributed by atoms with Gasteiger partial charge in [-0.25, -0.2) is 23.2 Å². The minimum Gasteiger partial charge on any atom is -0.318 e. The van der Waals surface area contributed by atoms with Crippen LogP contribution < -0.4 is 5.14 Å². The second-order valence-corrected chi connectivity index (χ2v) is 9.68. The number of benzene rings is 2. The summed E-state index contributed by atoms with van der Waals surface area (Å²) in [4.78, 5) is 17.2. The first-order chi connectivity index (χ1) is 15.2. The van der Waals surface area contributed by atoms with Crippen molar-refractivity contribution in [3.05, 3.63) is 83.9 Å². The molecule has 0 saturated carbocycles. The minimum atomic E-state index is -3.76. The van der Waals surface area contributed by atoms with E-state index in [4.69, 9.17) is 5.14 Å². The normalized spacial score (nSPS) is 11.6. The fraction of sp³-hybridized carbons (Fsp3) is 0.136. The number of primary sulfonamides is 1. The molecule has 0 radical (unpaired) electrons. The Labute approximate surface area is 190 Å². The van der Waals surface area contributed by atoms with Crippen molar-refractivity contribution in [2.45, 2.75) is 23.9 Å². The number of aryl methyl sites for hydroxylation is 1. The summed E-state index contributed by atoms with van der Waals surface area (Å²) < 4.78 is 26.6. The van der Waals surface area contributed by atoms with E-state index in [1.807, 2.05) is 54.8 Å². The molecule has 0 saturated heterocycles. The summed E-state index contributed by atoms with van der Waals surface area (Å²) in [6, 6.07) is 17.7. The number of thioether (sulfide) groups is 1. The van der Waals surface area contributed by atoms with Gasteiger partial charge in [-0.05, 0) is 56.3 Å². The van der Waals surface area contributed by atoms with Crippen molar-refractivity contribution in [1.29, 1.82) is 0 Å². The van der Waals surface area contributed by atoms with Gasteiger partial charge in [0.25, 0.3) is 0 Å². The van der Waals surface area contributed by atoms with E-state index in [1.54, 1.807) is 23.1 Å². The van der Waals surface area contributed by atoms with Crippen LogP contribution in [0.3, 0.4) is 0 Å². The predicted molar refractivity (Wildman–Crippen MR) is 123 cm³/mol.